The topological polar surface area (TPSA) is 122 Å². The van der Waals surface area contributed by atoms with Gasteiger partial charge in [-0.05, 0) is 49.4 Å². The summed E-state index contributed by atoms with van der Waals surface area (Å²) in [5.74, 6) is -1.02. The van der Waals surface area contributed by atoms with Crippen molar-refractivity contribution in [2.45, 2.75) is 19.7 Å². The Balaban J connectivity index is 1.57. The molecule has 1 aliphatic rings. The first kappa shape index (κ1) is 24.3. The lowest BCUT2D eigenvalue weighted by molar-refractivity contribution is -0.274. The molecule has 1 aromatic heterocycles. The van der Waals surface area contributed by atoms with Gasteiger partial charge in [-0.1, -0.05) is 0 Å². The zero-order valence-corrected chi connectivity index (χ0v) is 19.0. The minimum atomic E-state index is -4.80. The van der Waals surface area contributed by atoms with Crippen molar-refractivity contribution in [3.8, 4) is 22.9 Å². The number of phenolic OH excluding ortho intramolecular Hbond substituents is 1. The largest absolute Gasteiger partial charge is 0.573 e. The van der Waals surface area contributed by atoms with Crippen LogP contribution in [-0.2, 0) is 16.4 Å². The van der Waals surface area contributed by atoms with E-state index in [1.54, 1.807) is 0 Å². The molecule has 0 aliphatic carbocycles. The third kappa shape index (κ3) is 5.45. The molecule has 3 aromatic rings. The summed E-state index contributed by atoms with van der Waals surface area (Å²) in [4.78, 5) is 23.1. The van der Waals surface area contributed by atoms with Crippen LogP contribution in [0.25, 0.3) is 11.4 Å². The van der Waals surface area contributed by atoms with Gasteiger partial charge in [0.1, 0.15) is 11.5 Å². The van der Waals surface area contributed by atoms with E-state index in [2.05, 4.69) is 19.4 Å². The van der Waals surface area contributed by atoms with Gasteiger partial charge in [-0.25, -0.2) is 18.4 Å². The van der Waals surface area contributed by atoms with E-state index < -0.39 is 22.3 Å². The van der Waals surface area contributed by atoms with E-state index in [4.69, 9.17) is 0 Å². The van der Waals surface area contributed by atoms with Crippen LogP contribution in [-0.4, -0.2) is 48.1 Å². The van der Waals surface area contributed by atoms with Gasteiger partial charge >= 0.3 is 6.36 Å². The lowest BCUT2D eigenvalue weighted by atomic mass is 10.0. The standard InChI is InChI=1S/C22H19F3N4O5S/c1-2-35(32,33)28-18-11-14(5-8-19(18)30)29-10-9-17-16(21(29)31)12-26-20(27-17)13-3-6-15(7-4-13)34-22(23,24)25/h3-8,11-12,28,30H,2,9-10H2,1H3. The van der Waals surface area contributed by atoms with Gasteiger partial charge in [-0.15, -0.1) is 13.2 Å². The van der Waals surface area contributed by atoms with Gasteiger partial charge in [-0.3, -0.25) is 9.52 Å². The molecule has 0 unspecified atom stereocenters. The first-order valence-electron chi connectivity index (χ1n) is 10.3. The van der Waals surface area contributed by atoms with Crippen molar-refractivity contribution in [3.05, 3.63) is 59.9 Å². The van der Waals surface area contributed by atoms with Crippen LogP contribution in [0, 0.1) is 0 Å². The number of phenols is 1. The minimum absolute atomic E-state index is 0.0486. The van der Waals surface area contributed by atoms with Crippen LogP contribution >= 0.6 is 0 Å². The van der Waals surface area contributed by atoms with Crippen LogP contribution in [0.15, 0.2) is 48.7 Å². The third-order valence-corrected chi connectivity index (χ3v) is 6.49. The molecule has 2 heterocycles. The van der Waals surface area contributed by atoms with E-state index in [-0.39, 0.29) is 40.9 Å². The fourth-order valence-corrected chi connectivity index (χ4v) is 4.10. The highest BCUT2D eigenvalue weighted by molar-refractivity contribution is 7.92. The lowest BCUT2D eigenvalue weighted by Gasteiger charge is -2.28. The molecule has 2 N–H and O–H groups in total. The molecule has 13 heteroatoms. The Morgan fingerprint density at radius 1 is 1.17 bits per heavy atom. The molecule has 0 atom stereocenters. The molecule has 184 valence electrons. The summed E-state index contributed by atoms with van der Waals surface area (Å²) in [6.45, 7) is 1.68. The number of hydrogen-bond acceptors (Lipinski definition) is 7. The van der Waals surface area contributed by atoms with Crippen molar-refractivity contribution in [1.82, 2.24) is 9.97 Å². The first-order chi connectivity index (χ1) is 16.5. The monoisotopic (exact) mass is 508 g/mol. The van der Waals surface area contributed by atoms with Crippen LogP contribution in [0.5, 0.6) is 11.5 Å². The molecule has 2 aromatic carbocycles. The molecule has 1 amide bonds. The SMILES string of the molecule is CCS(=O)(=O)Nc1cc(N2CCc3nc(-c4ccc(OC(F)(F)F)cc4)ncc3C2=O)ccc1O. The number of anilines is 2. The first-order valence-corrected chi connectivity index (χ1v) is 12.0. The van der Waals surface area contributed by atoms with Gasteiger partial charge in [0, 0.05) is 30.4 Å². The van der Waals surface area contributed by atoms with E-state index in [1.165, 1.54) is 48.4 Å². The molecule has 0 radical (unpaired) electrons. The van der Waals surface area contributed by atoms with Crippen molar-refractivity contribution in [2.24, 2.45) is 0 Å². The average molecular weight is 508 g/mol. The minimum Gasteiger partial charge on any atom is -0.506 e. The number of nitrogens with one attached hydrogen (secondary N) is 1. The molecular weight excluding hydrogens is 489 g/mol. The number of halogens is 3. The number of benzene rings is 2. The van der Waals surface area contributed by atoms with E-state index in [0.29, 0.717) is 23.4 Å². The highest BCUT2D eigenvalue weighted by Crippen LogP contribution is 2.32. The van der Waals surface area contributed by atoms with Gasteiger partial charge in [0.25, 0.3) is 5.91 Å². The van der Waals surface area contributed by atoms with Gasteiger partial charge < -0.3 is 14.7 Å². The van der Waals surface area contributed by atoms with Crippen molar-refractivity contribution in [2.75, 3.05) is 21.9 Å². The summed E-state index contributed by atoms with van der Waals surface area (Å²) in [5, 5.41) is 10.0. The molecule has 0 bridgehead atoms. The van der Waals surface area contributed by atoms with Crippen molar-refractivity contribution in [3.63, 3.8) is 0 Å². The molecule has 0 saturated heterocycles. The van der Waals surface area contributed by atoms with E-state index in [1.807, 2.05) is 0 Å². The number of amides is 1. The number of carbonyl (C=O) groups is 1. The Kier molecular flexibility index (Phi) is 6.28. The molecular formula is C22H19F3N4O5S. The quantitative estimate of drug-likeness (QED) is 0.487. The van der Waals surface area contributed by atoms with E-state index in [9.17, 15) is 31.5 Å². The number of sulfonamides is 1. The Morgan fingerprint density at radius 3 is 2.54 bits per heavy atom. The lowest BCUT2D eigenvalue weighted by Crippen LogP contribution is -2.38. The maximum Gasteiger partial charge on any atom is 0.573 e. The molecule has 1 aliphatic heterocycles. The van der Waals surface area contributed by atoms with Crippen LogP contribution < -0.4 is 14.4 Å². The Bertz CT molecular complexity index is 1380. The maximum absolute atomic E-state index is 13.1. The van der Waals surface area contributed by atoms with Crippen LogP contribution in [0.4, 0.5) is 24.5 Å². The average Bonchev–Trinajstić information content (AvgIpc) is 2.80. The van der Waals surface area contributed by atoms with E-state index >= 15 is 0 Å². The second-order valence-corrected chi connectivity index (χ2v) is 9.55. The highest BCUT2D eigenvalue weighted by atomic mass is 32.2. The Morgan fingerprint density at radius 2 is 1.89 bits per heavy atom. The summed E-state index contributed by atoms with van der Waals surface area (Å²) in [7, 11) is -3.64. The number of aromatic hydroxyl groups is 1. The molecule has 35 heavy (non-hydrogen) atoms. The van der Waals surface area contributed by atoms with E-state index in [0.717, 1.165) is 12.1 Å². The summed E-state index contributed by atoms with van der Waals surface area (Å²) in [6.07, 6.45) is -3.11. The summed E-state index contributed by atoms with van der Waals surface area (Å²) in [5.41, 5.74) is 1.48. The fourth-order valence-electron chi connectivity index (χ4n) is 3.46. The van der Waals surface area contributed by atoms with Gasteiger partial charge in [0.2, 0.25) is 10.0 Å². The third-order valence-electron chi connectivity index (χ3n) is 5.20. The number of carbonyl (C=O) groups excluding carboxylic acids is 1. The van der Waals surface area contributed by atoms with Crippen molar-refractivity contribution in [1.29, 1.82) is 0 Å². The van der Waals surface area contributed by atoms with Gasteiger partial charge in [-0.2, -0.15) is 0 Å². The Hall–Kier alpha value is -3.87. The fraction of sp³-hybridized carbons (Fsp3) is 0.227. The second-order valence-electron chi connectivity index (χ2n) is 7.54. The van der Waals surface area contributed by atoms with Crippen LogP contribution in [0.3, 0.4) is 0 Å². The zero-order valence-electron chi connectivity index (χ0n) is 18.2. The number of aromatic nitrogens is 2. The number of alkyl halides is 3. The number of fused-ring (bicyclic) bond motifs is 1. The number of rotatable bonds is 6. The zero-order chi connectivity index (χ0) is 25.4. The molecule has 9 nitrogen and oxygen atoms in total. The van der Waals surface area contributed by atoms with Crippen LogP contribution in [0.1, 0.15) is 23.0 Å². The molecule has 0 saturated carbocycles. The number of hydrogen-bond donors (Lipinski definition) is 2. The predicted octanol–water partition coefficient (Wildman–Crippen LogP) is 3.71. The smallest absolute Gasteiger partial charge is 0.506 e. The summed E-state index contributed by atoms with van der Waals surface area (Å²) < 4.78 is 67.0. The van der Waals surface area contributed by atoms with Crippen molar-refractivity contribution >= 4 is 27.3 Å². The highest BCUT2D eigenvalue weighted by Gasteiger charge is 2.31. The Labute approximate surface area is 198 Å². The normalized spacial score (nSPS) is 13.9. The summed E-state index contributed by atoms with van der Waals surface area (Å²) >= 11 is 0. The van der Waals surface area contributed by atoms with Gasteiger partial charge in [0.15, 0.2) is 5.82 Å². The predicted molar refractivity (Wildman–Crippen MR) is 121 cm³/mol. The van der Waals surface area contributed by atoms with Crippen molar-refractivity contribution < 1.29 is 36.2 Å². The second kappa shape index (κ2) is 9.06. The molecule has 0 spiro atoms. The van der Waals surface area contributed by atoms with Gasteiger partial charge in [0.05, 0.1) is 22.7 Å². The number of nitrogens with zero attached hydrogens (tertiary/aromatic N) is 3. The van der Waals surface area contributed by atoms with Crippen LogP contribution in [0.2, 0.25) is 0 Å². The molecule has 0 fully saturated rings. The summed E-state index contributed by atoms with van der Waals surface area (Å²) in [6, 6.07) is 9.20. The maximum atomic E-state index is 13.1. The molecule has 4 rings (SSSR count). The number of ether oxygens (including phenoxy) is 1.